The van der Waals surface area contributed by atoms with Crippen molar-refractivity contribution in [3.8, 4) is 0 Å². The van der Waals surface area contributed by atoms with Crippen LogP contribution in [0.3, 0.4) is 0 Å². The molecule has 2 rings (SSSR count). The lowest BCUT2D eigenvalue weighted by Gasteiger charge is -2.36. The van der Waals surface area contributed by atoms with Crippen LogP contribution in [0.2, 0.25) is 0 Å². The van der Waals surface area contributed by atoms with E-state index in [2.05, 4.69) is 26.6 Å². The van der Waals surface area contributed by atoms with Gasteiger partial charge in [0.25, 0.3) is 0 Å². The average molecular weight is 356 g/mol. The fraction of sp³-hybridized carbons (Fsp3) is 0.533. The van der Waals surface area contributed by atoms with Gasteiger partial charge in [0.1, 0.15) is 6.04 Å². The van der Waals surface area contributed by atoms with E-state index in [9.17, 15) is 9.90 Å². The number of hydrogen-bond acceptors (Lipinski definition) is 4. The number of nitrogens with one attached hydrogen (secondary N) is 2. The van der Waals surface area contributed by atoms with Gasteiger partial charge in [-0.3, -0.25) is 4.79 Å². The zero-order valence-electron chi connectivity index (χ0n) is 12.8. The highest BCUT2D eigenvalue weighted by Gasteiger charge is 2.32. The van der Waals surface area contributed by atoms with Crippen LogP contribution in [0.4, 0.5) is 11.4 Å². The highest BCUT2D eigenvalue weighted by Crippen LogP contribution is 2.40. The van der Waals surface area contributed by atoms with E-state index in [0.29, 0.717) is 0 Å². The Morgan fingerprint density at radius 3 is 2.71 bits per heavy atom. The van der Waals surface area contributed by atoms with Gasteiger partial charge in [-0.1, -0.05) is 6.92 Å². The van der Waals surface area contributed by atoms with E-state index in [4.69, 9.17) is 0 Å². The van der Waals surface area contributed by atoms with Crippen LogP contribution >= 0.6 is 15.9 Å². The molecule has 116 valence electrons. The summed E-state index contributed by atoms with van der Waals surface area (Å²) in [5.41, 5.74) is 2.32. The molecule has 0 saturated heterocycles. The van der Waals surface area contributed by atoms with Crippen molar-refractivity contribution in [2.45, 2.75) is 32.4 Å². The van der Waals surface area contributed by atoms with Crippen molar-refractivity contribution in [1.29, 1.82) is 0 Å². The minimum absolute atomic E-state index is 0.0278. The third-order valence-electron chi connectivity index (χ3n) is 4.01. The number of halogens is 1. The molecule has 1 aromatic rings. The number of anilines is 2. The Kier molecular flexibility index (Phi) is 4.60. The van der Waals surface area contributed by atoms with Crippen molar-refractivity contribution < 1.29 is 9.90 Å². The largest absolute Gasteiger partial charge is 0.394 e. The molecule has 0 fully saturated rings. The van der Waals surface area contributed by atoms with Crippen LogP contribution in [0.5, 0.6) is 0 Å². The molecular formula is C15H22BrN3O2. The Morgan fingerprint density at radius 1 is 1.48 bits per heavy atom. The quantitative estimate of drug-likeness (QED) is 0.757. The molecule has 0 aromatic heterocycles. The minimum Gasteiger partial charge on any atom is -0.394 e. The second-order valence-electron chi connectivity index (χ2n) is 5.90. The molecule has 0 aliphatic carbocycles. The molecule has 3 N–H and O–H groups in total. The maximum absolute atomic E-state index is 12.0. The van der Waals surface area contributed by atoms with Gasteiger partial charge in [-0.05, 0) is 48.5 Å². The molecule has 0 saturated carbocycles. The van der Waals surface area contributed by atoms with Crippen molar-refractivity contribution in [1.82, 2.24) is 5.32 Å². The number of carbonyl (C=O) groups is 1. The van der Waals surface area contributed by atoms with Crippen LogP contribution in [0.25, 0.3) is 0 Å². The van der Waals surface area contributed by atoms with Crippen LogP contribution < -0.4 is 15.5 Å². The molecule has 1 atom stereocenters. The van der Waals surface area contributed by atoms with E-state index >= 15 is 0 Å². The number of carbonyl (C=O) groups excluding carboxylic acids is 1. The topological polar surface area (TPSA) is 64.6 Å². The maximum Gasteiger partial charge on any atom is 0.246 e. The number of nitrogens with zero attached hydrogens (tertiary/aromatic N) is 1. The van der Waals surface area contributed by atoms with E-state index in [1.165, 1.54) is 0 Å². The van der Waals surface area contributed by atoms with Gasteiger partial charge < -0.3 is 20.6 Å². The van der Waals surface area contributed by atoms with Crippen LogP contribution in [0.1, 0.15) is 32.4 Å². The molecule has 1 amide bonds. The van der Waals surface area contributed by atoms with Crippen molar-refractivity contribution in [3.05, 3.63) is 22.2 Å². The predicted octanol–water partition coefficient (Wildman–Crippen LogP) is 2.26. The van der Waals surface area contributed by atoms with E-state index in [1.54, 1.807) is 0 Å². The summed E-state index contributed by atoms with van der Waals surface area (Å²) in [6, 6.07) is 3.62. The Balaban J connectivity index is 2.42. The van der Waals surface area contributed by atoms with Gasteiger partial charge in [-0.2, -0.15) is 0 Å². The summed E-state index contributed by atoms with van der Waals surface area (Å²) in [5.74, 6) is -0.0278. The second-order valence-corrected chi connectivity index (χ2v) is 6.75. The number of hydrogen-bond donors (Lipinski definition) is 3. The van der Waals surface area contributed by atoms with E-state index in [0.717, 1.165) is 28.0 Å². The number of aliphatic hydroxyl groups is 1. The molecule has 6 heteroatoms. The fourth-order valence-electron chi connectivity index (χ4n) is 2.37. The highest BCUT2D eigenvalue weighted by molar-refractivity contribution is 9.10. The summed E-state index contributed by atoms with van der Waals surface area (Å²) in [7, 11) is 1.93. The Labute approximate surface area is 133 Å². The number of rotatable bonds is 5. The van der Waals surface area contributed by atoms with E-state index in [1.807, 2.05) is 44.9 Å². The molecular weight excluding hydrogens is 334 g/mol. The normalized spacial score (nSPS) is 17.6. The molecule has 5 nitrogen and oxygen atoms in total. The summed E-state index contributed by atoms with van der Waals surface area (Å²) in [6.07, 6.45) is 0. The summed E-state index contributed by atoms with van der Waals surface area (Å²) in [6.45, 7) is 6.68. The smallest absolute Gasteiger partial charge is 0.246 e. The summed E-state index contributed by atoms with van der Waals surface area (Å²) >= 11 is 3.58. The molecule has 1 aliphatic rings. The summed E-state index contributed by atoms with van der Waals surface area (Å²) in [5, 5.41) is 15.6. The van der Waals surface area contributed by atoms with Gasteiger partial charge in [0, 0.05) is 22.8 Å². The molecule has 1 aromatic carbocycles. The average Bonchev–Trinajstić information content (AvgIpc) is 2.73. The van der Waals surface area contributed by atoms with Crippen molar-refractivity contribution in [2.24, 2.45) is 0 Å². The predicted molar refractivity (Wildman–Crippen MR) is 88.8 cm³/mol. The van der Waals surface area contributed by atoms with Crippen LogP contribution in [0, 0.1) is 0 Å². The van der Waals surface area contributed by atoms with Gasteiger partial charge in [-0.25, -0.2) is 0 Å². The number of amides is 1. The van der Waals surface area contributed by atoms with Gasteiger partial charge in [-0.15, -0.1) is 0 Å². The molecule has 1 aliphatic heterocycles. The molecule has 21 heavy (non-hydrogen) atoms. The number of fused-ring (bicyclic) bond motifs is 1. The lowest BCUT2D eigenvalue weighted by molar-refractivity contribution is -0.117. The first kappa shape index (κ1) is 16.3. The zero-order chi connectivity index (χ0) is 15.8. The first-order chi connectivity index (χ1) is 9.81. The molecule has 1 heterocycles. The molecule has 0 bridgehead atoms. The SMILES string of the molecule is CCNC1C(=O)Nc2cc(N(C)C(C)(C)CO)c(Br)cc21. The molecule has 0 spiro atoms. The van der Waals surface area contributed by atoms with Crippen LogP contribution in [0.15, 0.2) is 16.6 Å². The first-order valence-corrected chi connectivity index (χ1v) is 7.83. The summed E-state index contributed by atoms with van der Waals surface area (Å²) in [4.78, 5) is 14.0. The maximum atomic E-state index is 12.0. The van der Waals surface area contributed by atoms with Gasteiger partial charge in [0.05, 0.1) is 17.8 Å². The first-order valence-electron chi connectivity index (χ1n) is 7.04. The summed E-state index contributed by atoms with van der Waals surface area (Å²) < 4.78 is 0.907. The van der Waals surface area contributed by atoms with E-state index in [-0.39, 0.29) is 24.1 Å². The molecule has 0 radical (unpaired) electrons. The third kappa shape index (κ3) is 2.93. The van der Waals surface area contributed by atoms with Crippen LogP contribution in [-0.2, 0) is 4.79 Å². The Bertz CT molecular complexity index is 560. The van der Waals surface area contributed by atoms with Crippen molar-refractivity contribution in [3.63, 3.8) is 0 Å². The number of likely N-dealkylation sites (N-methyl/N-ethyl adjacent to an activating group) is 2. The number of benzene rings is 1. The molecule has 1 unspecified atom stereocenters. The van der Waals surface area contributed by atoms with Gasteiger partial charge in [0.2, 0.25) is 5.91 Å². The van der Waals surface area contributed by atoms with Crippen molar-refractivity contribution >= 4 is 33.2 Å². The van der Waals surface area contributed by atoms with Crippen molar-refractivity contribution in [2.75, 3.05) is 30.4 Å². The second kappa shape index (κ2) is 5.94. The van der Waals surface area contributed by atoms with Gasteiger partial charge >= 0.3 is 0 Å². The Morgan fingerprint density at radius 2 is 2.14 bits per heavy atom. The third-order valence-corrected chi connectivity index (χ3v) is 4.65. The standard InChI is InChI=1S/C15H22BrN3O2/c1-5-17-13-9-6-10(16)12(7-11(9)18-14(13)21)19(4)15(2,3)8-20/h6-7,13,17,20H,5,8H2,1-4H3,(H,18,21). The Hall–Kier alpha value is -1.11. The lowest BCUT2D eigenvalue weighted by atomic mass is 10.0. The van der Waals surface area contributed by atoms with Crippen LogP contribution in [-0.4, -0.2) is 36.8 Å². The minimum atomic E-state index is -0.388. The highest BCUT2D eigenvalue weighted by atomic mass is 79.9. The fourth-order valence-corrected chi connectivity index (χ4v) is 2.99. The zero-order valence-corrected chi connectivity index (χ0v) is 14.4. The van der Waals surface area contributed by atoms with E-state index < -0.39 is 0 Å². The number of aliphatic hydroxyl groups excluding tert-OH is 1. The monoisotopic (exact) mass is 355 g/mol. The van der Waals surface area contributed by atoms with Gasteiger partial charge in [0.15, 0.2) is 0 Å². The lowest BCUT2D eigenvalue weighted by Crippen LogP contribution is -2.44.